The molecule has 1 aliphatic heterocycles. The van der Waals surface area contributed by atoms with E-state index in [2.05, 4.69) is 4.74 Å². The van der Waals surface area contributed by atoms with Gasteiger partial charge in [0.2, 0.25) is 15.0 Å². The Kier molecular flexibility index (Phi) is 4.14. The number of halogens is 3. The van der Waals surface area contributed by atoms with Crippen molar-refractivity contribution < 1.29 is 26.7 Å². The van der Waals surface area contributed by atoms with E-state index in [4.69, 9.17) is 10.7 Å². The Bertz CT molecular complexity index is 623. The van der Waals surface area contributed by atoms with Gasteiger partial charge in [0.05, 0.1) is 5.69 Å². The van der Waals surface area contributed by atoms with Crippen LogP contribution in [0.25, 0.3) is 0 Å². The minimum Gasteiger partial charge on any atom is -0.433 e. The van der Waals surface area contributed by atoms with Crippen LogP contribution in [0.15, 0.2) is 24.3 Å². The highest BCUT2D eigenvalue weighted by atomic mass is 35.7. The second kappa shape index (κ2) is 5.53. The Morgan fingerprint density at radius 1 is 1.35 bits per heavy atom. The molecular weight excluding hydrogens is 316 g/mol. The molecule has 2 rings (SSSR count). The minimum absolute atomic E-state index is 0.0978. The van der Waals surface area contributed by atoms with Crippen LogP contribution in [0.3, 0.4) is 0 Å². The molecule has 1 fully saturated rings. The lowest BCUT2D eigenvalue weighted by Gasteiger charge is -2.19. The number of carbonyl (C=O) groups is 1. The highest BCUT2D eigenvalue weighted by Gasteiger charge is 2.39. The average Bonchev–Trinajstić information content (AvgIpc) is 2.71. The molecule has 1 aliphatic rings. The predicted molar refractivity (Wildman–Crippen MR) is 68.6 cm³/mol. The van der Waals surface area contributed by atoms with Gasteiger partial charge in [-0.2, -0.15) is 8.78 Å². The second-order valence-electron chi connectivity index (χ2n) is 4.15. The van der Waals surface area contributed by atoms with Crippen molar-refractivity contribution in [2.24, 2.45) is 0 Å². The lowest BCUT2D eigenvalue weighted by Crippen LogP contribution is -2.27. The summed E-state index contributed by atoms with van der Waals surface area (Å²) >= 11 is 0. The zero-order valence-electron chi connectivity index (χ0n) is 10.0. The third-order valence-corrected chi connectivity index (χ3v) is 4.73. The molecule has 0 spiro atoms. The van der Waals surface area contributed by atoms with Crippen LogP contribution in [0.1, 0.15) is 6.42 Å². The minimum atomic E-state index is -3.89. The summed E-state index contributed by atoms with van der Waals surface area (Å²) in [4.78, 5) is 12.9. The van der Waals surface area contributed by atoms with Crippen LogP contribution in [-0.4, -0.2) is 32.7 Å². The Labute approximate surface area is 118 Å². The average molecular weight is 326 g/mol. The van der Waals surface area contributed by atoms with E-state index in [0.29, 0.717) is 0 Å². The van der Waals surface area contributed by atoms with Crippen molar-refractivity contribution in [3.8, 4) is 5.75 Å². The van der Waals surface area contributed by atoms with Gasteiger partial charge in [0, 0.05) is 23.6 Å². The monoisotopic (exact) mass is 325 g/mol. The van der Waals surface area contributed by atoms with Crippen LogP contribution in [0.4, 0.5) is 14.5 Å². The molecule has 1 heterocycles. The number of alkyl halides is 2. The number of anilines is 1. The first kappa shape index (κ1) is 15.0. The van der Waals surface area contributed by atoms with Crippen LogP contribution >= 0.6 is 10.7 Å². The number of hydrogen-bond acceptors (Lipinski definition) is 4. The molecule has 5 nitrogen and oxygen atoms in total. The van der Waals surface area contributed by atoms with Crippen molar-refractivity contribution >= 4 is 31.3 Å². The van der Waals surface area contributed by atoms with Gasteiger partial charge in [-0.05, 0) is 12.1 Å². The lowest BCUT2D eigenvalue weighted by molar-refractivity contribution is -0.117. The summed E-state index contributed by atoms with van der Waals surface area (Å²) < 4.78 is 51.4. The van der Waals surface area contributed by atoms with Gasteiger partial charge in [-0.15, -0.1) is 0 Å². The summed E-state index contributed by atoms with van der Waals surface area (Å²) in [5.41, 5.74) is 0.0978. The fourth-order valence-corrected chi connectivity index (χ4v) is 3.00. The molecule has 0 radical (unpaired) electrons. The van der Waals surface area contributed by atoms with Crippen LogP contribution in [0.2, 0.25) is 0 Å². The summed E-state index contributed by atoms with van der Waals surface area (Å²) in [7, 11) is 1.33. The van der Waals surface area contributed by atoms with Gasteiger partial charge in [-0.25, -0.2) is 8.42 Å². The van der Waals surface area contributed by atoms with E-state index in [1.54, 1.807) is 0 Å². The van der Waals surface area contributed by atoms with Crippen LogP contribution in [-0.2, 0) is 13.8 Å². The molecule has 0 bridgehead atoms. The van der Waals surface area contributed by atoms with Gasteiger partial charge in [0.1, 0.15) is 11.0 Å². The first-order valence-electron chi connectivity index (χ1n) is 5.56. The quantitative estimate of drug-likeness (QED) is 0.794. The summed E-state index contributed by atoms with van der Waals surface area (Å²) in [6, 6.07) is 5.68. The molecule has 1 aromatic rings. The van der Waals surface area contributed by atoms with E-state index in [1.165, 1.54) is 24.3 Å². The van der Waals surface area contributed by atoms with E-state index in [1.807, 2.05) is 0 Å². The van der Waals surface area contributed by atoms with Crippen molar-refractivity contribution in [3.63, 3.8) is 0 Å². The standard InChI is InChI=1S/C11H10ClF2NO4S/c12-20(17,18)7-5-10(16)15(6-7)8-3-1-2-4-9(8)19-11(13)14/h1-4,7,11H,5-6H2. The van der Waals surface area contributed by atoms with Gasteiger partial charge in [-0.3, -0.25) is 4.79 Å². The van der Waals surface area contributed by atoms with Crippen molar-refractivity contribution in [2.45, 2.75) is 18.3 Å². The normalized spacial score (nSPS) is 19.7. The zero-order valence-corrected chi connectivity index (χ0v) is 11.6. The van der Waals surface area contributed by atoms with Crippen molar-refractivity contribution in [3.05, 3.63) is 24.3 Å². The lowest BCUT2D eigenvalue weighted by atomic mass is 10.2. The number of hydrogen-bond donors (Lipinski definition) is 0. The fraction of sp³-hybridized carbons (Fsp3) is 0.364. The third-order valence-electron chi connectivity index (χ3n) is 2.86. The van der Waals surface area contributed by atoms with E-state index in [0.717, 1.165) is 4.90 Å². The molecule has 0 aliphatic carbocycles. The number of para-hydroxylation sites is 2. The Morgan fingerprint density at radius 3 is 2.55 bits per heavy atom. The number of ether oxygens (including phenoxy) is 1. The van der Waals surface area contributed by atoms with E-state index in [-0.39, 0.29) is 24.4 Å². The van der Waals surface area contributed by atoms with Gasteiger partial charge in [0.15, 0.2) is 0 Å². The Hall–Kier alpha value is -1.41. The molecule has 0 N–H and O–H groups in total. The van der Waals surface area contributed by atoms with E-state index in [9.17, 15) is 22.0 Å². The first-order valence-corrected chi connectivity index (χ1v) is 7.94. The van der Waals surface area contributed by atoms with Gasteiger partial charge < -0.3 is 9.64 Å². The molecule has 1 saturated heterocycles. The third kappa shape index (κ3) is 3.18. The molecular formula is C11H10ClF2NO4S. The summed E-state index contributed by atoms with van der Waals surface area (Å²) in [5.74, 6) is -0.701. The van der Waals surface area contributed by atoms with Gasteiger partial charge in [0.25, 0.3) is 0 Å². The molecule has 1 atom stereocenters. The molecule has 1 amide bonds. The summed E-state index contributed by atoms with van der Waals surface area (Å²) in [6.07, 6.45) is -0.283. The number of rotatable bonds is 4. The van der Waals surface area contributed by atoms with Crippen molar-refractivity contribution in [2.75, 3.05) is 11.4 Å². The number of benzene rings is 1. The molecule has 0 saturated carbocycles. The highest BCUT2D eigenvalue weighted by Crippen LogP contribution is 2.34. The SMILES string of the molecule is O=C1CC(S(=O)(=O)Cl)CN1c1ccccc1OC(F)F. The van der Waals surface area contributed by atoms with E-state index >= 15 is 0 Å². The van der Waals surface area contributed by atoms with Crippen LogP contribution < -0.4 is 9.64 Å². The highest BCUT2D eigenvalue weighted by molar-refractivity contribution is 8.14. The maximum atomic E-state index is 12.3. The van der Waals surface area contributed by atoms with Gasteiger partial charge >= 0.3 is 6.61 Å². The second-order valence-corrected chi connectivity index (χ2v) is 7.06. The summed E-state index contributed by atoms with van der Waals surface area (Å²) in [5, 5.41) is -1.06. The molecule has 9 heteroatoms. The first-order chi connectivity index (χ1) is 9.29. The predicted octanol–water partition coefficient (Wildman–Crippen LogP) is 1.96. The van der Waals surface area contributed by atoms with Crippen LogP contribution in [0.5, 0.6) is 5.75 Å². The molecule has 0 aromatic heterocycles. The maximum Gasteiger partial charge on any atom is 0.387 e. The van der Waals surface area contributed by atoms with Crippen molar-refractivity contribution in [1.82, 2.24) is 0 Å². The number of carbonyl (C=O) groups excluding carboxylic acids is 1. The number of amides is 1. The largest absolute Gasteiger partial charge is 0.433 e. The Morgan fingerprint density at radius 2 is 2.00 bits per heavy atom. The maximum absolute atomic E-state index is 12.3. The molecule has 1 unspecified atom stereocenters. The smallest absolute Gasteiger partial charge is 0.387 e. The molecule has 110 valence electrons. The molecule has 1 aromatic carbocycles. The topological polar surface area (TPSA) is 63.7 Å². The fourth-order valence-electron chi connectivity index (χ4n) is 1.97. The van der Waals surface area contributed by atoms with Crippen molar-refractivity contribution in [1.29, 1.82) is 0 Å². The number of nitrogens with zero attached hydrogens (tertiary/aromatic N) is 1. The Balaban J connectivity index is 2.31. The molecule has 20 heavy (non-hydrogen) atoms. The van der Waals surface area contributed by atoms with Gasteiger partial charge in [-0.1, -0.05) is 12.1 Å². The van der Waals surface area contributed by atoms with E-state index < -0.39 is 26.8 Å². The summed E-state index contributed by atoms with van der Waals surface area (Å²) in [6.45, 7) is -3.23. The zero-order chi connectivity index (χ0) is 14.9. The van der Waals surface area contributed by atoms with Crippen LogP contribution in [0, 0.1) is 0 Å².